The van der Waals surface area contributed by atoms with Gasteiger partial charge in [0.25, 0.3) is 5.91 Å². The lowest BCUT2D eigenvalue weighted by Gasteiger charge is -2.27. The molecule has 24 heavy (non-hydrogen) atoms. The Kier molecular flexibility index (Phi) is 4.89. The molecule has 0 radical (unpaired) electrons. The number of carbonyl (C=O) groups is 1. The van der Waals surface area contributed by atoms with Crippen molar-refractivity contribution in [1.82, 2.24) is 5.32 Å². The van der Waals surface area contributed by atoms with Crippen LogP contribution in [-0.4, -0.2) is 12.0 Å². The number of fused-ring (bicyclic) bond motifs is 1. The molecule has 2 aromatic rings. The molecule has 2 unspecified atom stereocenters. The van der Waals surface area contributed by atoms with E-state index >= 15 is 0 Å². The van der Waals surface area contributed by atoms with Gasteiger partial charge in [-0.1, -0.05) is 30.3 Å². The molecule has 0 fully saturated rings. The summed E-state index contributed by atoms with van der Waals surface area (Å²) in [5, 5.41) is 3.16. The topological polar surface area (TPSA) is 38.3 Å². The van der Waals surface area contributed by atoms with Crippen LogP contribution in [-0.2, 0) is 11.2 Å². The van der Waals surface area contributed by atoms with E-state index in [0.29, 0.717) is 0 Å². The van der Waals surface area contributed by atoms with Crippen LogP contribution in [0.15, 0.2) is 42.5 Å². The lowest BCUT2D eigenvalue weighted by atomic mass is 9.87. The Bertz CT molecular complexity index is 718. The van der Waals surface area contributed by atoms with Gasteiger partial charge in [0.15, 0.2) is 6.10 Å². The Morgan fingerprint density at radius 2 is 1.88 bits per heavy atom. The van der Waals surface area contributed by atoms with E-state index in [1.165, 1.54) is 11.1 Å². The van der Waals surface area contributed by atoms with Crippen LogP contribution in [0.3, 0.4) is 0 Å². The van der Waals surface area contributed by atoms with Gasteiger partial charge in [-0.3, -0.25) is 4.79 Å². The van der Waals surface area contributed by atoms with Crippen molar-refractivity contribution in [2.75, 3.05) is 0 Å². The van der Waals surface area contributed by atoms with Crippen LogP contribution in [0.2, 0.25) is 0 Å². The fraction of sp³-hybridized carbons (Fsp3) is 0.381. The molecule has 1 aliphatic carbocycles. The highest BCUT2D eigenvalue weighted by Crippen LogP contribution is 2.29. The molecule has 0 aromatic heterocycles. The smallest absolute Gasteiger partial charge is 0.261 e. The third kappa shape index (κ3) is 3.78. The number of hydrogen-bond donors (Lipinski definition) is 1. The standard InChI is InChI=1S/C21H25NO2/c1-14-11-15(2)13-18(12-14)24-16(3)21(23)22-20-10-6-8-17-7-4-5-9-19(17)20/h4-5,7,9,11-13,16,20H,6,8,10H2,1-3H3,(H,22,23). The predicted molar refractivity (Wildman–Crippen MR) is 96.3 cm³/mol. The van der Waals surface area contributed by atoms with Crippen molar-refractivity contribution in [2.45, 2.75) is 52.2 Å². The first-order valence-corrected chi connectivity index (χ1v) is 8.66. The third-order valence-electron chi connectivity index (χ3n) is 4.56. The van der Waals surface area contributed by atoms with Gasteiger partial charge >= 0.3 is 0 Å². The molecule has 1 aliphatic rings. The molecule has 0 heterocycles. The fourth-order valence-electron chi connectivity index (χ4n) is 3.45. The predicted octanol–water partition coefficient (Wildman–Crippen LogP) is 4.26. The van der Waals surface area contributed by atoms with Gasteiger partial charge in [-0.2, -0.15) is 0 Å². The largest absolute Gasteiger partial charge is 0.481 e. The minimum Gasteiger partial charge on any atom is -0.481 e. The average Bonchev–Trinajstić information content (AvgIpc) is 2.54. The molecule has 2 aromatic carbocycles. The van der Waals surface area contributed by atoms with Crippen LogP contribution in [0.4, 0.5) is 0 Å². The number of hydrogen-bond acceptors (Lipinski definition) is 2. The van der Waals surface area contributed by atoms with E-state index in [1.807, 2.05) is 39.0 Å². The van der Waals surface area contributed by atoms with Crippen LogP contribution < -0.4 is 10.1 Å². The van der Waals surface area contributed by atoms with E-state index in [-0.39, 0.29) is 11.9 Å². The summed E-state index contributed by atoms with van der Waals surface area (Å²) in [6.07, 6.45) is 2.67. The zero-order valence-electron chi connectivity index (χ0n) is 14.6. The second-order valence-corrected chi connectivity index (χ2v) is 6.74. The van der Waals surface area contributed by atoms with E-state index < -0.39 is 6.10 Å². The molecule has 0 saturated heterocycles. The molecule has 0 saturated carbocycles. The molecule has 2 atom stereocenters. The van der Waals surface area contributed by atoms with Crippen LogP contribution in [0, 0.1) is 13.8 Å². The summed E-state index contributed by atoms with van der Waals surface area (Å²) in [6, 6.07) is 14.5. The van der Waals surface area contributed by atoms with Crippen molar-refractivity contribution >= 4 is 5.91 Å². The highest BCUT2D eigenvalue weighted by Gasteiger charge is 2.24. The number of ether oxygens (including phenoxy) is 1. The first-order chi connectivity index (χ1) is 11.5. The number of benzene rings is 2. The zero-order chi connectivity index (χ0) is 17.1. The van der Waals surface area contributed by atoms with Gasteiger partial charge in [0.1, 0.15) is 5.75 Å². The quantitative estimate of drug-likeness (QED) is 0.913. The number of nitrogens with one attached hydrogen (secondary N) is 1. The minimum absolute atomic E-state index is 0.0594. The second kappa shape index (κ2) is 7.08. The van der Waals surface area contributed by atoms with E-state index in [2.05, 4.69) is 29.6 Å². The highest BCUT2D eigenvalue weighted by atomic mass is 16.5. The Morgan fingerprint density at radius 1 is 1.17 bits per heavy atom. The van der Waals surface area contributed by atoms with Crippen LogP contribution >= 0.6 is 0 Å². The molecule has 1 N–H and O–H groups in total. The van der Waals surface area contributed by atoms with Gasteiger partial charge in [-0.15, -0.1) is 0 Å². The van der Waals surface area contributed by atoms with Crippen molar-refractivity contribution < 1.29 is 9.53 Å². The second-order valence-electron chi connectivity index (χ2n) is 6.74. The van der Waals surface area contributed by atoms with Crippen molar-refractivity contribution in [3.05, 3.63) is 64.7 Å². The Balaban J connectivity index is 1.67. The van der Waals surface area contributed by atoms with Crippen molar-refractivity contribution in [3.63, 3.8) is 0 Å². The van der Waals surface area contributed by atoms with Crippen LogP contribution in [0.1, 0.15) is 48.1 Å². The van der Waals surface area contributed by atoms with Crippen LogP contribution in [0.5, 0.6) is 5.75 Å². The van der Waals surface area contributed by atoms with E-state index in [9.17, 15) is 4.79 Å². The molecule has 3 rings (SSSR count). The van der Waals surface area contributed by atoms with Crippen molar-refractivity contribution in [2.24, 2.45) is 0 Å². The maximum Gasteiger partial charge on any atom is 0.261 e. The Hall–Kier alpha value is -2.29. The summed E-state index contributed by atoms with van der Waals surface area (Å²) in [5.74, 6) is 0.690. The van der Waals surface area contributed by atoms with E-state index in [0.717, 1.165) is 36.1 Å². The number of carbonyl (C=O) groups excluding carboxylic acids is 1. The molecule has 0 spiro atoms. The summed E-state index contributed by atoms with van der Waals surface area (Å²) in [7, 11) is 0. The molecular formula is C21H25NO2. The Labute approximate surface area is 144 Å². The van der Waals surface area contributed by atoms with Crippen molar-refractivity contribution in [3.8, 4) is 5.75 Å². The summed E-state index contributed by atoms with van der Waals surface area (Å²) >= 11 is 0. The number of rotatable bonds is 4. The lowest BCUT2D eigenvalue weighted by molar-refractivity contribution is -0.128. The summed E-state index contributed by atoms with van der Waals surface area (Å²) < 4.78 is 5.86. The van der Waals surface area contributed by atoms with Gasteiger partial charge in [0.05, 0.1) is 6.04 Å². The molecule has 0 aliphatic heterocycles. The SMILES string of the molecule is Cc1cc(C)cc(OC(C)C(=O)NC2CCCc3ccccc32)c1. The lowest BCUT2D eigenvalue weighted by Crippen LogP contribution is -2.39. The maximum atomic E-state index is 12.6. The summed E-state index contributed by atoms with van der Waals surface area (Å²) in [4.78, 5) is 12.6. The first kappa shape index (κ1) is 16.6. The highest BCUT2D eigenvalue weighted by molar-refractivity contribution is 5.81. The summed E-state index contributed by atoms with van der Waals surface area (Å²) in [6.45, 7) is 5.87. The molecule has 1 amide bonds. The maximum absolute atomic E-state index is 12.6. The van der Waals surface area contributed by atoms with E-state index in [1.54, 1.807) is 0 Å². The van der Waals surface area contributed by atoms with Gasteiger partial charge in [0, 0.05) is 0 Å². The first-order valence-electron chi connectivity index (χ1n) is 8.66. The molecular weight excluding hydrogens is 298 g/mol. The molecule has 0 bridgehead atoms. The van der Waals surface area contributed by atoms with E-state index in [4.69, 9.17) is 4.74 Å². The van der Waals surface area contributed by atoms with Gasteiger partial charge in [-0.05, 0) is 74.4 Å². The molecule has 126 valence electrons. The van der Waals surface area contributed by atoms with Gasteiger partial charge < -0.3 is 10.1 Å². The third-order valence-corrected chi connectivity index (χ3v) is 4.56. The molecule has 3 nitrogen and oxygen atoms in total. The summed E-state index contributed by atoms with van der Waals surface area (Å²) in [5.41, 5.74) is 4.87. The normalized spacial score (nSPS) is 17.7. The van der Waals surface area contributed by atoms with Gasteiger partial charge in [0.2, 0.25) is 0 Å². The fourth-order valence-corrected chi connectivity index (χ4v) is 3.45. The zero-order valence-corrected chi connectivity index (χ0v) is 14.6. The van der Waals surface area contributed by atoms with Crippen molar-refractivity contribution in [1.29, 1.82) is 0 Å². The molecule has 3 heteroatoms. The monoisotopic (exact) mass is 323 g/mol. The number of aryl methyl sites for hydroxylation is 3. The van der Waals surface area contributed by atoms with Crippen LogP contribution in [0.25, 0.3) is 0 Å². The number of amides is 1. The minimum atomic E-state index is -0.514. The van der Waals surface area contributed by atoms with Gasteiger partial charge in [-0.25, -0.2) is 0 Å². The average molecular weight is 323 g/mol. The Morgan fingerprint density at radius 3 is 2.62 bits per heavy atom.